The Kier molecular flexibility index (Phi) is 6.95. The van der Waals surface area contributed by atoms with Crippen LogP contribution in [0.4, 0.5) is 0 Å². The molecule has 0 aliphatic rings. The summed E-state index contributed by atoms with van der Waals surface area (Å²) in [6.07, 6.45) is 0. The molecular formula is C16H19ClN2O3S. The number of ether oxygens (including phenoxy) is 1. The van der Waals surface area contributed by atoms with Crippen LogP contribution in [-0.4, -0.2) is 36.9 Å². The summed E-state index contributed by atoms with van der Waals surface area (Å²) in [7, 11) is 1.60. The number of methoxy groups -OCH3 is 1. The second-order valence-electron chi connectivity index (χ2n) is 4.86. The van der Waals surface area contributed by atoms with Gasteiger partial charge in [0.2, 0.25) is 11.8 Å². The summed E-state index contributed by atoms with van der Waals surface area (Å²) < 4.78 is 10.6. The topological polar surface area (TPSA) is 64.4 Å². The minimum Gasteiger partial charge on any atom is -0.441 e. The van der Waals surface area contributed by atoms with Gasteiger partial charge in [0.15, 0.2) is 0 Å². The number of oxazole rings is 1. The largest absolute Gasteiger partial charge is 0.441 e. The zero-order valence-electron chi connectivity index (χ0n) is 13.1. The summed E-state index contributed by atoms with van der Waals surface area (Å²) in [5.74, 6) is 2.33. The minimum absolute atomic E-state index is 0.00822. The number of carbonyl (C=O) groups excluding carboxylic acids is 1. The van der Waals surface area contributed by atoms with E-state index in [0.29, 0.717) is 35.6 Å². The van der Waals surface area contributed by atoms with Crippen LogP contribution in [0.1, 0.15) is 11.5 Å². The molecule has 1 N–H and O–H groups in total. The van der Waals surface area contributed by atoms with Gasteiger partial charge in [-0.2, -0.15) is 0 Å². The van der Waals surface area contributed by atoms with Crippen LogP contribution in [0.25, 0.3) is 11.5 Å². The average molecular weight is 355 g/mol. The van der Waals surface area contributed by atoms with Crippen molar-refractivity contribution in [2.75, 3.05) is 26.0 Å². The summed E-state index contributed by atoms with van der Waals surface area (Å²) in [5, 5.41) is 3.45. The monoisotopic (exact) mass is 354 g/mol. The highest BCUT2D eigenvalue weighted by atomic mass is 35.5. The van der Waals surface area contributed by atoms with E-state index in [1.54, 1.807) is 19.2 Å². The van der Waals surface area contributed by atoms with Crippen LogP contribution in [0.15, 0.2) is 28.7 Å². The lowest BCUT2D eigenvalue weighted by atomic mass is 10.2. The maximum absolute atomic E-state index is 11.6. The molecule has 1 aromatic carbocycles. The Morgan fingerprint density at radius 2 is 2.13 bits per heavy atom. The van der Waals surface area contributed by atoms with E-state index in [4.69, 9.17) is 20.8 Å². The lowest BCUT2D eigenvalue weighted by molar-refractivity contribution is -0.118. The molecule has 23 heavy (non-hydrogen) atoms. The van der Waals surface area contributed by atoms with Gasteiger partial charge in [-0.25, -0.2) is 4.98 Å². The Labute approximate surface area is 144 Å². The number of nitrogens with zero attached hydrogens (tertiary/aromatic N) is 1. The van der Waals surface area contributed by atoms with Gasteiger partial charge in [0, 0.05) is 30.0 Å². The highest BCUT2D eigenvalue weighted by molar-refractivity contribution is 7.99. The van der Waals surface area contributed by atoms with Gasteiger partial charge in [-0.05, 0) is 31.2 Å². The molecule has 0 spiro atoms. The predicted molar refractivity (Wildman–Crippen MR) is 92.7 cm³/mol. The van der Waals surface area contributed by atoms with E-state index in [0.717, 1.165) is 17.0 Å². The zero-order valence-corrected chi connectivity index (χ0v) is 14.7. The normalized spacial score (nSPS) is 10.7. The van der Waals surface area contributed by atoms with Crippen LogP contribution in [0.2, 0.25) is 5.02 Å². The number of halogens is 1. The van der Waals surface area contributed by atoms with Gasteiger partial charge in [-0.3, -0.25) is 4.79 Å². The van der Waals surface area contributed by atoms with Crippen LogP contribution in [-0.2, 0) is 15.3 Å². The Hall–Kier alpha value is -1.50. The number of thioether (sulfide) groups is 1. The minimum atomic E-state index is -0.00822. The molecule has 0 aliphatic carbocycles. The summed E-state index contributed by atoms with van der Waals surface area (Å²) >= 11 is 7.38. The van der Waals surface area contributed by atoms with Crippen LogP contribution >= 0.6 is 23.4 Å². The first kappa shape index (κ1) is 17.8. The number of amides is 1. The molecule has 0 atom stereocenters. The third kappa shape index (κ3) is 5.57. The van der Waals surface area contributed by atoms with E-state index < -0.39 is 0 Å². The number of aromatic nitrogens is 1. The molecule has 124 valence electrons. The number of hydrogen-bond acceptors (Lipinski definition) is 5. The first-order chi connectivity index (χ1) is 11.1. The molecule has 5 nitrogen and oxygen atoms in total. The van der Waals surface area contributed by atoms with Crippen molar-refractivity contribution in [3.8, 4) is 11.5 Å². The van der Waals surface area contributed by atoms with Crippen molar-refractivity contribution in [1.29, 1.82) is 0 Å². The molecule has 1 aromatic heterocycles. The molecule has 2 aromatic rings. The molecule has 7 heteroatoms. The highest BCUT2D eigenvalue weighted by Crippen LogP contribution is 2.25. The van der Waals surface area contributed by atoms with Crippen LogP contribution in [0.3, 0.4) is 0 Å². The second-order valence-corrected chi connectivity index (χ2v) is 6.29. The van der Waals surface area contributed by atoms with Gasteiger partial charge in [0.1, 0.15) is 5.76 Å². The van der Waals surface area contributed by atoms with Crippen molar-refractivity contribution in [2.24, 2.45) is 0 Å². The number of benzene rings is 1. The van der Waals surface area contributed by atoms with Gasteiger partial charge < -0.3 is 14.5 Å². The highest BCUT2D eigenvalue weighted by Gasteiger charge is 2.12. The number of nitrogens with one attached hydrogen (secondary N) is 1. The van der Waals surface area contributed by atoms with Gasteiger partial charge in [-0.1, -0.05) is 11.6 Å². The van der Waals surface area contributed by atoms with Gasteiger partial charge in [-0.15, -0.1) is 11.8 Å². The number of rotatable bonds is 8. The predicted octanol–water partition coefficient (Wildman–Crippen LogP) is 3.30. The Morgan fingerprint density at radius 1 is 1.39 bits per heavy atom. The van der Waals surface area contributed by atoms with E-state index in [1.807, 2.05) is 19.1 Å². The molecule has 2 rings (SSSR count). The fourth-order valence-corrected chi connectivity index (χ4v) is 2.84. The third-order valence-electron chi connectivity index (χ3n) is 3.08. The molecule has 0 unspecified atom stereocenters. The maximum atomic E-state index is 11.6. The van der Waals surface area contributed by atoms with Crippen LogP contribution in [0, 0.1) is 6.92 Å². The van der Waals surface area contributed by atoms with Crippen molar-refractivity contribution in [2.45, 2.75) is 12.7 Å². The molecule has 1 amide bonds. The Morgan fingerprint density at radius 3 is 2.83 bits per heavy atom. The second kappa shape index (κ2) is 8.96. The smallest absolute Gasteiger partial charge is 0.230 e. The van der Waals surface area contributed by atoms with Crippen LogP contribution in [0.5, 0.6) is 0 Å². The first-order valence-corrected chi connectivity index (χ1v) is 8.69. The molecule has 0 bridgehead atoms. The molecule has 1 heterocycles. The van der Waals surface area contributed by atoms with E-state index in [1.165, 1.54) is 11.8 Å². The molecule has 0 aliphatic heterocycles. The van der Waals surface area contributed by atoms with Crippen LogP contribution < -0.4 is 5.32 Å². The van der Waals surface area contributed by atoms with E-state index in [-0.39, 0.29) is 5.91 Å². The average Bonchev–Trinajstić information content (AvgIpc) is 2.89. The Balaban J connectivity index is 1.87. The molecule has 0 radical (unpaired) electrons. The summed E-state index contributed by atoms with van der Waals surface area (Å²) in [5.41, 5.74) is 1.73. The molecule has 0 fully saturated rings. The fraction of sp³-hybridized carbons (Fsp3) is 0.375. The third-order valence-corrected chi connectivity index (χ3v) is 4.28. The zero-order chi connectivity index (χ0) is 16.7. The molecular weight excluding hydrogens is 336 g/mol. The lowest BCUT2D eigenvalue weighted by Gasteiger charge is -2.03. The standard InChI is InChI=1S/C16H19ClN2O3S/c1-11-14(9-23-10-15(20)18-7-8-21-2)19-16(22-11)12-3-5-13(17)6-4-12/h3-6H,7-10H2,1-2H3,(H,18,20). The van der Waals surface area contributed by atoms with Crippen molar-refractivity contribution >= 4 is 29.3 Å². The van der Waals surface area contributed by atoms with E-state index >= 15 is 0 Å². The maximum Gasteiger partial charge on any atom is 0.230 e. The molecule has 0 saturated carbocycles. The van der Waals surface area contributed by atoms with Crippen molar-refractivity contribution in [1.82, 2.24) is 10.3 Å². The summed E-state index contributed by atoms with van der Waals surface area (Å²) in [6.45, 7) is 2.92. The van der Waals surface area contributed by atoms with E-state index in [2.05, 4.69) is 10.3 Å². The number of aryl methyl sites for hydroxylation is 1. The van der Waals surface area contributed by atoms with Gasteiger partial charge >= 0.3 is 0 Å². The Bertz CT molecular complexity index is 643. The first-order valence-electron chi connectivity index (χ1n) is 7.15. The van der Waals surface area contributed by atoms with E-state index in [9.17, 15) is 4.79 Å². The summed E-state index contributed by atoms with van der Waals surface area (Å²) in [6, 6.07) is 7.34. The van der Waals surface area contributed by atoms with Gasteiger partial charge in [0.25, 0.3) is 0 Å². The lowest BCUT2D eigenvalue weighted by Crippen LogP contribution is -2.28. The van der Waals surface area contributed by atoms with Crippen molar-refractivity contribution in [3.05, 3.63) is 40.7 Å². The van der Waals surface area contributed by atoms with Gasteiger partial charge in [0.05, 0.1) is 18.1 Å². The molecule has 0 saturated heterocycles. The van der Waals surface area contributed by atoms with Crippen molar-refractivity contribution in [3.63, 3.8) is 0 Å². The number of hydrogen-bond donors (Lipinski definition) is 1. The fourth-order valence-electron chi connectivity index (χ4n) is 1.86. The number of carbonyl (C=O) groups is 1. The summed E-state index contributed by atoms with van der Waals surface area (Å²) in [4.78, 5) is 16.1. The quantitative estimate of drug-likeness (QED) is 0.737. The van der Waals surface area contributed by atoms with Crippen molar-refractivity contribution < 1.29 is 13.9 Å². The SMILES string of the molecule is COCCNC(=O)CSCc1nc(-c2ccc(Cl)cc2)oc1C.